The molecule has 2 aromatic rings. The Bertz CT molecular complexity index is 670. The molecule has 1 heterocycles. The maximum Gasteiger partial charge on any atom is 0.394 e. The summed E-state index contributed by atoms with van der Waals surface area (Å²) in [6.45, 7) is 8.96. The fraction of sp³-hybridized carbons (Fsp3) is 0.214. The fourth-order valence-corrected chi connectivity index (χ4v) is 1.64. The monoisotopic (exact) mass is 272 g/mol. The van der Waals surface area contributed by atoms with Gasteiger partial charge in [-0.2, -0.15) is 0 Å². The molecule has 0 saturated carbocycles. The average molecular weight is 272 g/mol. The SMILES string of the molecule is [C-]#[N+]c1ccc(OC)c(-c2cnc(C(=O)OCC)o2)c1. The van der Waals surface area contributed by atoms with E-state index in [0.29, 0.717) is 22.8 Å². The first-order valence-corrected chi connectivity index (χ1v) is 5.88. The highest BCUT2D eigenvalue weighted by atomic mass is 16.5. The molecule has 0 aliphatic carbocycles. The molecule has 0 amide bonds. The predicted octanol–water partition coefficient (Wildman–Crippen LogP) is 3.08. The Morgan fingerprint density at radius 2 is 2.30 bits per heavy atom. The van der Waals surface area contributed by atoms with E-state index < -0.39 is 5.97 Å². The molecule has 0 aliphatic rings. The standard InChI is InChI=1S/C14H12N2O4/c1-4-19-14(17)13-16-8-12(20-13)10-7-9(15-2)5-6-11(10)18-3/h5-8H,4H2,1,3H3. The number of methoxy groups -OCH3 is 1. The van der Waals surface area contributed by atoms with Gasteiger partial charge in [0.05, 0.1) is 32.0 Å². The first kappa shape index (κ1) is 13.6. The summed E-state index contributed by atoms with van der Waals surface area (Å²) in [5.41, 5.74) is 0.999. The van der Waals surface area contributed by atoms with Crippen LogP contribution in [0.25, 0.3) is 16.2 Å². The Balaban J connectivity index is 2.41. The quantitative estimate of drug-likeness (QED) is 0.632. The molecule has 2 rings (SSSR count). The minimum absolute atomic E-state index is 0.128. The lowest BCUT2D eigenvalue weighted by molar-refractivity contribution is 0.0482. The summed E-state index contributed by atoms with van der Waals surface area (Å²) in [5.74, 6) is 0.121. The third-order valence-corrected chi connectivity index (χ3v) is 2.53. The zero-order valence-electron chi connectivity index (χ0n) is 11.0. The smallest absolute Gasteiger partial charge is 0.394 e. The van der Waals surface area contributed by atoms with Gasteiger partial charge in [-0.3, -0.25) is 0 Å². The van der Waals surface area contributed by atoms with Gasteiger partial charge < -0.3 is 13.9 Å². The molecule has 6 heteroatoms. The second-order valence-electron chi connectivity index (χ2n) is 3.75. The van der Waals surface area contributed by atoms with Crippen LogP contribution in [0.3, 0.4) is 0 Å². The van der Waals surface area contributed by atoms with E-state index in [4.69, 9.17) is 20.5 Å². The number of nitrogens with zero attached hydrogens (tertiary/aromatic N) is 2. The van der Waals surface area contributed by atoms with Gasteiger partial charge in [0.1, 0.15) is 5.75 Å². The summed E-state index contributed by atoms with van der Waals surface area (Å²) in [5, 5.41) is 0. The van der Waals surface area contributed by atoms with Crippen molar-refractivity contribution in [1.29, 1.82) is 0 Å². The summed E-state index contributed by atoms with van der Waals surface area (Å²) in [6, 6.07) is 4.91. The Morgan fingerprint density at radius 1 is 1.50 bits per heavy atom. The Labute approximate surface area is 115 Å². The summed E-state index contributed by atoms with van der Waals surface area (Å²) in [4.78, 5) is 18.7. The van der Waals surface area contributed by atoms with E-state index in [1.54, 1.807) is 25.1 Å². The van der Waals surface area contributed by atoms with E-state index in [2.05, 4.69) is 9.83 Å². The molecule has 0 bridgehead atoms. The minimum atomic E-state index is -0.626. The molecule has 0 atom stereocenters. The van der Waals surface area contributed by atoms with Crippen LogP contribution in [0.4, 0.5) is 5.69 Å². The zero-order valence-corrected chi connectivity index (χ0v) is 11.0. The number of rotatable bonds is 4. The van der Waals surface area contributed by atoms with Crippen LogP contribution in [0.5, 0.6) is 5.75 Å². The van der Waals surface area contributed by atoms with Gasteiger partial charge >= 0.3 is 11.9 Å². The van der Waals surface area contributed by atoms with Crippen LogP contribution in [-0.2, 0) is 4.74 Å². The van der Waals surface area contributed by atoms with Crippen molar-refractivity contribution < 1.29 is 18.7 Å². The van der Waals surface area contributed by atoms with Crippen LogP contribution in [0.1, 0.15) is 17.6 Å². The summed E-state index contributed by atoms with van der Waals surface area (Å²) >= 11 is 0. The normalized spacial score (nSPS) is 9.85. The molecule has 1 aromatic heterocycles. The Kier molecular flexibility index (Phi) is 4.01. The van der Waals surface area contributed by atoms with E-state index in [9.17, 15) is 4.79 Å². The number of hydrogen-bond acceptors (Lipinski definition) is 5. The number of carbonyl (C=O) groups excluding carboxylic acids is 1. The van der Waals surface area contributed by atoms with Crippen LogP contribution >= 0.6 is 0 Å². The average Bonchev–Trinajstić information content (AvgIpc) is 2.96. The molecule has 0 unspecified atom stereocenters. The van der Waals surface area contributed by atoms with Gasteiger partial charge in [0.25, 0.3) is 0 Å². The van der Waals surface area contributed by atoms with Crippen molar-refractivity contribution in [1.82, 2.24) is 4.98 Å². The Hall–Kier alpha value is -2.81. The van der Waals surface area contributed by atoms with E-state index in [-0.39, 0.29) is 12.5 Å². The molecule has 0 aliphatic heterocycles. The molecule has 102 valence electrons. The minimum Gasteiger partial charge on any atom is -0.496 e. The van der Waals surface area contributed by atoms with Gasteiger partial charge in [0.15, 0.2) is 11.4 Å². The van der Waals surface area contributed by atoms with Gasteiger partial charge in [-0.15, -0.1) is 0 Å². The third kappa shape index (κ3) is 2.62. The highest BCUT2D eigenvalue weighted by Crippen LogP contribution is 2.33. The number of carbonyl (C=O) groups is 1. The zero-order chi connectivity index (χ0) is 14.5. The van der Waals surface area contributed by atoms with Crippen LogP contribution in [0.2, 0.25) is 0 Å². The van der Waals surface area contributed by atoms with E-state index in [1.165, 1.54) is 13.3 Å². The third-order valence-electron chi connectivity index (χ3n) is 2.53. The molecule has 20 heavy (non-hydrogen) atoms. The van der Waals surface area contributed by atoms with Crippen molar-refractivity contribution in [2.45, 2.75) is 6.92 Å². The van der Waals surface area contributed by atoms with Crippen molar-refractivity contribution in [3.63, 3.8) is 0 Å². The molecular weight excluding hydrogens is 260 g/mol. The lowest BCUT2D eigenvalue weighted by Crippen LogP contribution is -2.04. The number of aromatic nitrogens is 1. The predicted molar refractivity (Wildman–Crippen MR) is 70.7 cm³/mol. The van der Waals surface area contributed by atoms with Gasteiger partial charge in [-0.05, 0) is 19.1 Å². The van der Waals surface area contributed by atoms with Crippen molar-refractivity contribution in [2.75, 3.05) is 13.7 Å². The topological polar surface area (TPSA) is 65.9 Å². The molecule has 0 radical (unpaired) electrons. The number of esters is 1. The van der Waals surface area contributed by atoms with Gasteiger partial charge in [-0.1, -0.05) is 6.07 Å². The van der Waals surface area contributed by atoms with E-state index in [1.807, 2.05) is 0 Å². The molecule has 0 N–H and O–H groups in total. The number of oxazole rings is 1. The van der Waals surface area contributed by atoms with Crippen molar-refractivity contribution in [2.24, 2.45) is 0 Å². The van der Waals surface area contributed by atoms with Crippen LogP contribution in [0, 0.1) is 6.57 Å². The van der Waals surface area contributed by atoms with Crippen molar-refractivity contribution in [3.8, 4) is 17.1 Å². The molecule has 6 nitrogen and oxygen atoms in total. The van der Waals surface area contributed by atoms with E-state index in [0.717, 1.165) is 0 Å². The molecule has 0 saturated heterocycles. The second kappa shape index (κ2) is 5.89. The van der Waals surface area contributed by atoms with Gasteiger partial charge in [0, 0.05) is 0 Å². The van der Waals surface area contributed by atoms with Crippen molar-refractivity contribution in [3.05, 3.63) is 41.7 Å². The lowest BCUT2D eigenvalue weighted by Gasteiger charge is -2.05. The van der Waals surface area contributed by atoms with Crippen molar-refractivity contribution >= 4 is 11.7 Å². The van der Waals surface area contributed by atoms with Crippen LogP contribution < -0.4 is 4.74 Å². The maximum atomic E-state index is 11.5. The Morgan fingerprint density at radius 3 is 2.95 bits per heavy atom. The highest BCUT2D eigenvalue weighted by Gasteiger charge is 2.17. The number of benzene rings is 1. The first-order chi connectivity index (χ1) is 9.69. The molecule has 0 fully saturated rings. The fourth-order valence-electron chi connectivity index (χ4n) is 1.64. The van der Waals surface area contributed by atoms with Gasteiger partial charge in [-0.25, -0.2) is 14.6 Å². The lowest BCUT2D eigenvalue weighted by atomic mass is 10.1. The van der Waals surface area contributed by atoms with Crippen LogP contribution in [-0.4, -0.2) is 24.7 Å². The number of hydrogen-bond donors (Lipinski definition) is 0. The van der Waals surface area contributed by atoms with Crippen LogP contribution in [0.15, 0.2) is 28.8 Å². The number of ether oxygens (including phenoxy) is 2. The largest absolute Gasteiger partial charge is 0.496 e. The second-order valence-corrected chi connectivity index (χ2v) is 3.75. The van der Waals surface area contributed by atoms with E-state index >= 15 is 0 Å². The highest BCUT2D eigenvalue weighted by molar-refractivity contribution is 5.85. The molecular formula is C14H12N2O4. The summed E-state index contributed by atoms with van der Waals surface area (Å²) in [7, 11) is 1.51. The molecule has 0 spiro atoms. The molecule has 1 aromatic carbocycles. The van der Waals surface area contributed by atoms with Gasteiger partial charge in [0.2, 0.25) is 0 Å². The summed E-state index contributed by atoms with van der Waals surface area (Å²) in [6.07, 6.45) is 1.40. The maximum absolute atomic E-state index is 11.5. The first-order valence-electron chi connectivity index (χ1n) is 5.88. The summed E-state index contributed by atoms with van der Waals surface area (Å²) < 4.78 is 15.4.